The Balaban J connectivity index is 2.52. The molecular formula is C16H22ClN3OSi. The molecular weight excluding hydrogens is 314 g/mol. The van der Waals surface area contributed by atoms with Crippen LogP contribution in [0, 0.1) is 0 Å². The van der Waals surface area contributed by atoms with Crippen molar-refractivity contribution in [3.8, 4) is 0 Å². The largest absolute Gasteiger partial charge is 0.384 e. The summed E-state index contributed by atoms with van der Waals surface area (Å²) in [5.41, 5.74) is -0.303. The van der Waals surface area contributed by atoms with Crippen LogP contribution in [0.4, 0.5) is 0 Å². The Kier molecular flexibility index (Phi) is 4.89. The van der Waals surface area contributed by atoms with E-state index in [9.17, 15) is 5.11 Å². The van der Waals surface area contributed by atoms with E-state index in [1.807, 2.05) is 18.2 Å². The molecule has 2 atom stereocenters. The molecule has 0 saturated heterocycles. The average molecular weight is 336 g/mol. The lowest BCUT2D eigenvalue weighted by Crippen LogP contribution is -2.44. The van der Waals surface area contributed by atoms with Crippen LogP contribution in [-0.2, 0) is 12.0 Å². The van der Waals surface area contributed by atoms with Gasteiger partial charge in [0.25, 0.3) is 0 Å². The molecule has 22 heavy (non-hydrogen) atoms. The summed E-state index contributed by atoms with van der Waals surface area (Å²) < 4.78 is 0. The fraction of sp³-hybridized carbons (Fsp3) is 0.375. The van der Waals surface area contributed by atoms with Gasteiger partial charge in [0.15, 0.2) is 0 Å². The van der Waals surface area contributed by atoms with Crippen LogP contribution in [0.3, 0.4) is 0 Å². The van der Waals surface area contributed by atoms with Gasteiger partial charge in [-0.25, -0.2) is 4.98 Å². The van der Waals surface area contributed by atoms with E-state index in [0.717, 1.165) is 5.56 Å². The first kappa shape index (κ1) is 16.9. The second kappa shape index (κ2) is 6.36. The first-order valence-corrected chi connectivity index (χ1v) is 11.2. The molecule has 1 aromatic carbocycles. The van der Waals surface area contributed by atoms with Gasteiger partial charge in [-0.05, 0) is 17.7 Å². The molecule has 0 radical (unpaired) electrons. The predicted molar refractivity (Wildman–Crippen MR) is 92.7 cm³/mol. The maximum Gasteiger partial charge on any atom is 0.137 e. The van der Waals surface area contributed by atoms with Crippen molar-refractivity contribution in [1.29, 1.82) is 0 Å². The second-order valence-corrected chi connectivity index (χ2v) is 12.4. The topological polar surface area (TPSA) is 61.8 Å². The van der Waals surface area contributed by atoms with Crippen LogP contribution in [0.25, 0.3) is 0 Å². The molecule has 0 aliphatic heterocycles. The first-order valence-electron chi connectivity index (χ1n) is 7.22. The number of nitrogens with zero attached hydrogens (tertiary/aromatic N) is 2. The Morgan fingerprint density at radius 1 is 1.36 bits per heavy atom. The lowest BCUT2D eigenvalue weighted by atomic mass is 9.86. The number of rotatable bonds is 6. The van der Waals surface area contributed by atoms with E-state index in [4.69, 9.17) is 11.6 Å². The zero-order valence-corrected chi connectivity index (χ0v) is 14.9. The summed E-state index contributed by atoms with van der Waals surface area (Å²) in [6.45, 7) is 10.6. The normalized spacial score (nSPS) is 16.0. The third kappa shape index (κ3) is 3.48. The average Bonchev–Trinajstić information content (AvgIpc) is 2.91. The van der Waals surface area contributed by atoms with Crippen LogP contribution in [-0.4, -0.2) is 28.4 Å². The van der Waals surface area contributed by atoms with Gasteiger partial charge >= 0.3 is 0 Å². The molecule has 0 aliphatic carbocycles. The number of aromatic nitrogens is 3. The lowest BCUT2D eigenvalue weighted by Gasteiger charge is -2.41. The van der Waals surface area contributed by atoms with Crippen molar-refractivity contribution >= 4 is 19.7 Å². The molecule has 0 amide bonds. The van der Waals surface area contributed by atoms with Gasteiger partial charge in [-0.1, -0.05) is 49.5 Å². The zero-order chi connectivity index (χ0) is 16.4. The van der Waals surface area contributed by atoms with Gasteiger partial charge in [0.05, 0.1) is 8.07 Å². The van der Waals surface area contributed by atoms with Gasteiger partial charge in [-0.2, -0.15) is 5.10 Å². The molecule has 118 valence electrons. The Morgan fingerprint density at radius 2 is 2.00 bits per heavy atom. The Bertz CT molecular complexity index is 622. The minimum absolute atomic E-state index is 0.0359. The Morgan fingerprint density at radius 3 is 2.45 bits per heavy atom. The highest BCUT2D eigenvalue weighted by molar-refractivity contribution is 6.78. The summed E-state index contributed by atoms with van der Waals surface area (Å²) in [6.07, 6.45) is 3.68. The van der Waals surface area contributed by atoms with Crippen LogP contribution in [0.1, 0.15) is 11.4 Å². The maximum atomic E-state index is 11.6. The molecule has 2 N–H and O–H groups in total. The van der Waals surface area contributed by atoms with Gasteiger partial charge in [0, 0.05) is 17.0 Å². The van der Waals surface area contributed by atoms with Crippen molar-refractivity contribution in [3.05, 3.63) is 59.7 Å². The minimum atomic E-state index is -1.72. The highest BCUT2D eigenvalue weighted by atomic mass is 35.5. The highest BCUT2D eigenvalue weighted by Crippen LogP contribution is 2.43. The van der Waals surface area contributed by atoms with E-state index >= 15 is 0 Å². The number of nitrogens with one attached hydrogen (secondary N) is 1. The molecule has 2 rings (SSSR count). The maximum absolute atomic E-state index is 11.6. The van der Waals surface area contributed by atoms with Crippen LogP contribution >= 0.6 is 11.6 Å². The van der Waals surface area contributed by atoms with E-state index in [1.165, 1.54) is 6.33 Å². The predicted octanol–water partition coefficient (Wildman–Crippen LogP) is 3.78. The Labute approximate surface area is 137 Å². The van der Waals surface area contributed by atoms with Crippen molar-refractivity contribution < 1.29 is 5.11 Å². The van der Waals surface area contributed by atoms with Gasteiger partial charge in [0.1, 0.15) is 17.8 Å². The monoisotopic (exact) mass is 335 g/mol. The summed E-state index contributed by atoms with van der Waals surface area (Å²) in [5.74, 6) is 0.655. The molecule has 0 fully saturated rings. The molecule has 4 nitrogen and oxygen atoms in total. The first-order chi connectivity index (χ1) is 10.3. The molecule has 0 saturated carbocycles. The zero-order valence-electron chi connectivity index (χ0n) is 13.2. The van der Waals surface area contributed by atoms with Gasteiger partial charge < -0.3 is 5.11 Å². The van der Waals surface area contributed by atoms with Crippen LogP contribution in [0.15, 0.2) is 43.2 Å². The summed E-state index contributed by atoms with van der Waals surface area (Å²) in [4.78, 5) is 4.17. The van der Waals surface area contributed by atoms with Crippen molar-refractivity contribution in [1.82, 2.24) is 15.2 Å². The molecule has 2 unspecified atom stereocenters. The number of hydrogen-bond acceptors (Lipinski definition) is 3. The summed E-state index contributed by atoms with van der Waals surface area (Å²) in [6, 6.07) is 7.34. The molecule has 0 spiro atoms. The van der Waals surface area contributed by atoms with E-state index in [-0.39, 0.29) is 5.54 Å². The molecule has 0 bridgehead atoms. The molecule has 2 aromatic rings. The third-order valence-electron chi connectivity index (χ3n) is 3.93. The summed E-state index contributed by atoms with van der Waals surface area (Å²) in [5, 5.41) is 18.9. The van der Waals surface area contributed by atoms with Crippen LogP contribution in [0.5, 0.6) is 0 Å². The fourth-order valence-corrected chi connectivity index (χ4v) is 5.50. The minimum Gasteiger partial charge on any atom is -0.384 e. The summed E-state index contributed by atoms with van der Waals surface area (Å²) >= 11 is 5.99. The second-order valence-electron chi connectivity index (χ2n) is 6.62. The van der Waals surface area contributed by atoms with E-state index in [1.54, 1.807) is 12.1 Å². The Hall–Kier alpha value is -1.43. The lowest BCUT2D eigenvalue weighted by molar-refractivity contribution is 0.0362. The third-order valence-corrected chi connectivity index (χ3v) is 6.76. The van der Waals surface area contributed by atoms with Crippen LogP contribution in [0.2, 0.25) is 30.2 Å². The molecule has 1 heterocycles. The molecule has 6 heteroatoms. The smallest absolute Gasteiger partial charge is 0.137 e. The van der Waals surface area contributed by atoms with Crippen molar-refractivity contribution in [3.63, 3.8) is 0 Å². The van der Waals surface area contributed by atoms with Gasteiger partial charge in [0.2, 0.25) is 0 Å². The number of H-pyrrole nitrogens is 1. The van der Waals surface area contributed by atoms with Crippen LogP contribution < -0.4 is 0 Å². The van der Waals surface area contributed by atoms with Gasteiger partial charge in [-0.15, -0.1) is 6.58 Å². The molecule has 0 aliphatic rings. The van der Waals surface area contributed by atoms with E-state index in [2.05, 4.69) is 41.4 Å². The number of hydrogen-bond donors (Lipinski definition) is 2. The number of benzene rings is 1. The SMILES string of the molecule is C=CC(C(O)(Cc1ncn[nH]1)c1ccc(Cl)cc1)[Si](C)(C)C. The van der Waals surface area contributed by atoms with E-state index in [0.29, 0.717) is 17.3 Å². The quantitative estimate of drug-likeness (QED) is 0.623. The number of aromatic amines is 1. The number of halogens is 1. The highest BCUT2D eigenvalue weighted by Gasteiger charge is 2.44. The molecule has 1 aromatic heterocycles. The van der Waals surface area contributed by atoms with E-state index < -0.39 is 13.7 Å². The fourth-order valence-electron chi connectivity index (χ4n) is 2.97. The summed E-state index contributed by atoms with van der Waals surface area (Å²) in [7, 11) is -1.72. The number of aliphatic hydroxyl groups is 1. The van der Waals surface area contributed by atoms with Crippen molar-refractivity contribution in [2.45, 2.75) is 37.2 Å². The van der Waals surface area contributed by atoms with Gasteiger partial charge in [-0.3, -0.25) is 5.10 Å². The standard InChI is InChI=1S/C16H22ClN3OSi/c1-5-14(22(2,3)4)16(21,10-15-18-11-19-20-15)12-6-8-13(17)9-7-12/h5-9,11,14,21H,1,10H2,2-4H3,(H,18,19,20). The van der Waals surface area contributed by atoms with Crippen molar-refractivity contribution in [2.24, 2.45) is 0 Å². The van der Waals surface area contributed by atoms with Crippen molar-refractivity contribution in [2.75, 3.05) is 0 Å².